The van der Waals surface area contributed by atoms with Crippen molar-refractivity contribution in [3.05, 3.63) is 57.8 Å². The van der Waals surface area contributed by atoms with Gasteiger partial charge in [-0.05, 0) is 36.8 Å². The van der Waals surface area contributed by atoms with E-state index in [1.54, 1.807) is 6.92 Å². The number of hydrogen-bond acceptors (Lipinski definition) is 7. The Hall–Kier alpha value is -3.88. The molecule has 0 aliphatic rings. The van der Waals surface area contributed by atoms with Crippen molar-refractivity contribution in [2.75, 3.05) is 14.2 Å². The molecule has 0 fully saturated rings. The molecule has 1 aromatic heterocycles. The number of hydrogen-bond donors (Lipinski definition) is 1. The first-order chi connectivity index (χ1) is 13.4. The molecule has 0 atom stereocenters. The fourth-order valence-electron chi connectivity index (χ4n) is 2.98. The van der Waals surface area contributed by atoms with Crippen LogP contribution in [0.4, 0.5) is 5.69 Å². The maximum atomic E-state index is 11.8. The molecular formula is C19H16N2O7. The first kappa shape index (κ1) is 18.9. The third-order valence-electron chi connectivity index (χ3n) is 4.18. The number of nitrogens with zero attached hydrogens (tertiary/aromatic N) is 2. The highest BCUT2D eigenvalue weighted by atomic mass is 16.6. The topological polar surface area (TPSA) is 124 Å². The molecule has 1 heterocycles. The van der Waals surface area contributed by atoms with Crippen molar-refractivity contribution in [3.8, 4) is 16.9 Å². The molecule has 0 aliphatic carbocycles. The van der Waals surface area contributed by atoms with Crippen molar-refractivity contribution in [2.45, 2.75) is 6.92 Å². The summed E-state index contributed by atoms with van der Waals surface area (Å²) >= 11 is 0. The summed E-state index contributed by atoms with van der Waals surface area (Å²) in [6.45, 7) is 1.64. The van der Waals surface area contributed by atoms with E-state index < -0.39 is 10.9 Å². The van der Waals surface area contributed by atoms with E-state index in [1.807, 2.05) is 0 Å². The van der Waals surface area contributed by atoms with Crippen LogP contribution in [0.5, 0.6) is 5.75 Å². The molecule has 0 spiro atoms. The van der Waals surface area contributed by atoms with Crippen LogP contribution < -0.4 is 4.74 Å². The molecule has 0 saturated carbocycles. The van der Waals surface area contributed by atoms with Gasteiger partial charge in [0.05, 0.1) is 17.6 Å². The Morgan fingerprint density at radius 3 is 2.39 bits per heavy atom. The minimum atomic E-state index is -1.15. The number of fused-ring (bicyclic) bond motifs is 1. The van der Waals surface area contributed by atoms with Crippen LogP contribution in [0.3, 0.4) is 0 Å². The quantitative estimate of drug-likeness (QED) is 0.385. The van der Waals surface area contributed by atoms with E-state index in [0.717, 1.165) is 0 Å². The molecule has 3 rings (SSSR count). The molecule has 2 aromatic carbocycles. The van der Waals surface area contributed by atoms with Crippen molar-refractivity contribution in [3.63, 3.8) is 0 Å². The maximum Gasteiger partial charge on any atom is 0.336 e. The van der Waals surface area contributed by atoms with E-state index in [2.05, 4.69) is 5.16 Å². The number of aromatic carboxylic acids is 1. The highest BCUT2D eigenvalue weighted by Crippen LogP contribution is 2.41. The van der Waals surface area contributed by atoms with Gasteiger partial charge in [-0.1, -0.05) is 5.16 Å². The summed E-state index contributed by atoms with van der Waals surface area (Å²) in [5.41, 5.74) is 1.47. The van der Waals surface area contributed by atoms with Gasteiger partial charge in [-0.3, -0.25) is 10.1 Å². The number of rotatable bonds is 6. The molecule has 0 unspecified atom stereocenters. The van der Waals surface area contributed by atoms with Gasteiger partial charge in [0, 0.05) is 23.1 Å². The van der Waals surface area contributed by atoms with Crippen LogP contribution in [0.25, 0.3) is 22.1 Å². The van der Waals surface area contributed by atoms with Crippen LogP contribution >= 0.6 is 0 Å². The molecule has 0 amide bonds. The molecular weight excluding hydrogens is 368 g/mol. The number of furan rings is 1. The van der Waals surface area contributed by atoms with Crippen LogP contribution in [0.15, 0.2) is 46.0 Å². The number of oxime groups is 1. The van der Waals surface area contributed by atoms with Gasteiger partial charge in [-0.15, -0.1) is 0 Å². The van der Waals surface area contributed by atoms with E-state index >= 15 is 0 Å². The number of carboxylic acids is 1. The molecule has 0 saturated heterocycles. The normalized spacial score (nSPS) is 11.5. The van der Waals surface area contributed by atoms with E-state index in [9.17, 15) is 20.0 Å². The van der Waals surface area contributed by atoms with Gasteiger partial charge in [-0.25, -0.2) is 4.79 Å². The summed E-state index contributed by atoms with van der Waals surface area (Å²) in [4.78, 5) is 27.1. The third kappa shape index (κ3) is 3.13. The molecule has 0 bridgehead atoms. The number of nitro groups is 1. The van der Waals surface area contributed by atoms with Gasteiger partial charge in [0.25, 0.3) is 5.69 Å². The summed E-state index contributed by atoms with van der Waals surface area (Å²) in [6.07, 6.45) is 0. The van der Waals surface area contributed by atoms with E-state index in [0.29, 0.717) is 28.0 Å². The van der Waals surface area contributed by atoms with Gasteiger partial charge in [-0.2, -0.15) is 0 Å². The second kappa shape index (κ2) is 7.39. The maximum absolute atomic E-state index is 11.8. The van der Waals surface area contributed by atoms with Gasteiger partial charge < -0.3 is 19.1 Å². The van der Waals surface area contributed by atoms with Crippen molar-refractivity contribution >= 4 is 28.3 Å². The van der Waals surface area contributed by atoms with Gasteiger partial charge >= 0.3 is 5.97 Å². The van der Waals surface area contributed by atoms with Gasteiger partial charge in [0.1, 0.15) is 12.8 Å². The number of methoxy groups -OCH3 is 1. The smallest absolute Gasteiger partial charge is 0.336 e. The predicted molar refractivity (Wildman–Crippen MR) is 101 cm³/mol. The van der Waals surface area contributed by atoms with Crippen LogP contribution in [-0.2, 0) is 4.84 Å². The largest absolute Gasteiger partial charge is 0.493 e. The van der Waals surface area contributed by atoms with Crippen molar-refractivity contribution in [1.82, 2.24) is 0 Å². The summed E-state index contributed by atoms with van der Waals surface area (Å²) in [7, 11) is 2.82. The minimum Gasteiger partial charge on any atom is -0.493 e. The summed E-state index contributed by atoms with van der Waals surface area (Å²) < 4.78 is 11.2. The first-order valence-electron chi connectivity index (χ1n) is 8.08. The average molecular weight is 384 g/mol. The van der Waals surface area contributed by atoms with E-state index in [4.69, 9.17) is 14.0 Å². The molecule has 28 heavy (non-hydrogen) atoms. The average Bonchev–Trinajstić information content (AvgIpc) is 3.08. The number of non-ortho nitro benzene ring substituents is 1. The lowest BCUT2D eigenvalue weighted by atomic mass is 9.96. The summed E-state index contributed by atoms with van der Waals surface area (Å²) in [5.74, 6) is -0.526. The molecule has 3 aromatic rings. The standard InChI is InChI=1S/C19H16N2O7/c1-10(20-27-3)17-15(11-4-6-12(7-5-11)21(24)25)16-13(19(22)23)8-9-14(26-2)18(16)28-17/h4-9H,1-3H3,(H,22,23). The van der Waals surface area contributed by atoms with Gasteiger partial charge in [0.15, 0.2) is 17.1 Å². The highest BCUT2D eigenvalue weighted by molar-refractivity contribution is 6.16. The Kier molecular flexibility index (Phi) is 4.99. The predicted octanol–water partition coefficient (Wildman–Crippen LogP) is 4.09. The van der Waals surface area contributed by atoms with Gasteiger partial charge in [0.2, 0.25) is 0 Å². The number of carboxylic acid groups (broad SMARTS) is 1. The zero-order chi connectivity index (χ0) is 20.4. The second-order valence-corrected chi connectivity index (χ2v) is 5.79. The van der Waals surface area contributed by atoms with Crippen molar-refractivity contribution < 1.29 is 28.8 Å². The number of nitro benzene ring substituents is 1. The molecule has 1 N–H and O–H groups in total. The zero-order valence-electron chi connectivity index (χ0n) is 15.3. The highest BCUT2D eigenvalue weighted by Gasteiger charge is 2.26. The van der Waals surface area contributed by atoms with E-state index in [-0.39, 0.29) is 22.6 Å². The Balaban J connectivity index is 2.43. The Bertz CT molecular complexity index is 1100. The van der Waals surface area contributed by atoms with Crippen LogP contribution in [0.2, 0.25) is 0 Å². The second-order valence-electron chi connectivity index (χ2n) is 5.79. The van der Waals surface area contributed by atoms with Crippen LogP contribution in [0, 0.1) is 10.1 Å². The number of carbonyl (C=O) groups is 1. The number of ether oxygens (including phenoxy) is 1. The Morgan fingerprint density at radius 2 is 1.86 bits per heavy atom. The SMILES string of the molecule is CON=C(C)c1oc2c(OC)ccc(C(=O)O)c2c1-c1ccc([N+](=O)[O-])cc1. The van der Waals surface area contributed by atoms with Crippen molar-refractivity contribution in [2.24, 2.45) is 5.16 Å². The van der Waals surface area contributed by atoms with Crippen molar-refractivity contribution in [1.29, 1.82) is 0 Å². The fourth-order valence-corrected chi connectivity index (χ4v) is 2.98. The monoisotopic (exact) mass is 384 g/mol. The van der Waals surface area contributed by atoms with Crippen LogP contribution in [0.1, 0.15) is 23.0 Å². The Labute approximate surface area is 158 Å². The lowest BCUT2D eigenvalue weighted by Crippen LogP contribution is -2.00. The fraction of sp³-hybridized carbons (Fsp3) is 0.158. The zero-order valence-corrected chi connectivity index (χ0v) is 15.3. The molecule has 0 aliphatic heterocycles. The lowest BCUT2D eigenvalue weighted by Gasteiger charge is -2.06. The third-order valence-corrected chi connectivity index (χ3v) is 4.18. The minimum absolute atomic E-state index is 0.00405. The number of benzene rings is 2. The molecule has 9 heteroatoms. The first-order valence-corrected chi connectivity index (χ1v) is 8.08. The summed E-state index contributed by atoms with van der Waals surface area (Å²) in [5, 5.41) is 24.8. The molecule has 144 valence electrons. The summed E-state index contributed by atoms with van der Waals surface area (Å²) in [6, 6.07) is 8.64. The molecule has 9 nitrogen and oxygen atoms in total. The lowest BCUT2D eigenvalue weighted by molar-refractivity contribution is -0.384. The van der Waals surface area contributed by atoms with E-state index in [1.165, 1.54) is 50.6 Å². The molecule has 0 radical (unpaired) electrons. The van der Waals surface area contributed by atoms with Crippen LogP contribution in [-0.4, -0.2) is 35.9 Å². The Morgan fingerprint density at radius 1 is 1.18 bits per heavy atom.